The van der Waals surface area contributed by atoms with E-state index < -0.39 is 11.6 Å². The maximum atomic E-state index is 13.5. The fraction of sp³-hybridized carbons (Fsp3) is 0.500. The molecule has 1 fully saturated rings. The van der Waals surface area contributed by atoms with Gasteiger partial charge in [0.15, 0.2) is 5.58 Å². The lowest BCUT2D eigenvalue weighted by molar-refractivity contribution is -0.146. The predicted octanol–water partition coefficient (Wildman–Crippen LogP) is 2.24. The Bertz CT molecular complexity index is 864. The van der Waals surface area contributed by atoms with Gasteiger partial charge in [-0.05, 0) is 31.9 Å². The third-order valence-electron chi connectivity index (χ3n) is 4.61. The summed E-state index contributed by atoms with van der Waals surface area (Å²) >= 11 is 0. The first-order chi connectivity index (χ1) is 12.5. The van der Waals surface area contributed by atoms with Crippen molar-refractivity contribution in [2.75, 3.05) is 19.7 Å². The normalized spacial score (nSPS) is 15.4. The molecule has 0 spiro atoms. The van der Waals surface area contributed by atoms with Gasteiger partial charge in [-0.3, -0.25) is 14.2 Å². The molecule has 0 saturated carbocycles. The lowest BCUT2D eigenvalue weighted by Crippen LogP contribution is -2.40. The van der Waals surface area contributed by atoms with Gasteiger partial charge in [-0.1, -0.05) is 0 Å². The van der Waals surface area contributed by atoms with Gasteiger partial charge in [-0.25, -0.2) is 9.18 Å². The third-order valence-corrected chi connectivity index (χ3v) is 4.61. The lowest BCUT2D eigenvalue weighted by Gasteiger charge is -2.32. The van der Waals surface area contributed by atoms with E-state index >= 15 is 0 Å². The summed E-state index contributed by atoms with van der Waals surface area (Å²) in [5.74, 6) is -1.43. The summed E-state index contributed by atoms with van der Waals surface area (Å²) in [5, 5.41) is 0. The van der Waals surface area contributed by atoms with Gasteiger partial charge in [0.05, 0.1) is 18.5 Å². The molecule has 0 aliphatic carbocycles. The Kier molecular flexibility index (Phi) is 5.39. The van der Waals surface area contributed by atoms with E-state index in [0.717, 1.165) is 0 Å². The number of nitrogens with zero attached hydrogens (tertiary/aromatic N) is 2. The number of hydrogen-bond acceptors (Lipinski definition) is 5. The molecule has 1 aliphatic heterocycles. The predicted molar refractivity (Wildman–Crippen MR) is 91.2 cm³/mol. The first kappa shape index (κ1) is 18.2. The topological polar surface area (TPSA) is 81.8 Å². The molecule has 0 unspecified atom stereocenters. The third kappa shape index (κ3) is 3.79. The molecule has 1 aromatic heterocycles. The van der Waals surface area contributed by atoms with E-state index in [4.69, 9.17) is 9.15 Å². The first-order valence-electron chi connectivity index (χ1n) is 8.73. The van der Waals surface area contributed by atoms with Crippen molar-refractivity contribution >= 4 is 23.0 Å². The van der Waals surface area contributed by atoms with Gasteiger partial charge in [-0.2, -0.15) is 0 Å². The fourth-order valence-corrected chi connectivity index (χ4v) is 3.33. The van der Waals surface area contributed by atoms with E-state index in [1.54, 1.807) is 11.8 Å². The Morgan fingerprint density at radius 3 is 2.69 bits per heavy atom. The minimum atomic E-state index is -0.516. The molecule has 2 heterocycles. The van der Waals surface area contributed by atoms with Crippen LogP contribution in [0.3, 0.4) is 0 Å². The summed E-state index contributed by atoms with van der Waals surface area (Å²) in [7, 11) is 0. The number of fused-ring (bicyclic) bond motifs is 1. The maximum Gasteiger partial charge on any atom is 0.420 e. The molecule has 0 N–H and O–H groups in total. The van der Waals surface area contributed by atoms with E-state index in [1.807, 2.05) is 0 Å². The van der Waals surface area contributed by atoms with Crippen LogP contribution in [0.2, 0.25) is 0 Å². The van der Waals surface area contributed by atoms with Crippen LogP contribution in [0.1, 0.15) is 38.6 Å². The molecule has 1 saturated heterocycles. The number of aromatic nitrogens is 1. The fourth-order valence-electron chi connectivity index (χ4n) is 3.33. The van der Waals surface area contributed by atoms with Gasteiger partial charge in [0.1, 0.15) is 5.82 Å². The molecular weight excluding hydrogens is 343 g/mol. The summed E-state index contributed by atoms with van der Waals surface area (Å²) in [6.45, 7) is 2.96. The molecule has 8 heteroatoms. The Hall–Kier alpha value is -2.64. The summed E-state index contributed by atoms with van der Waals surface area (Å²) in [6, 6.07) is 3.83. The van der Waals surface area contributed by atoms with E-state index in [1.165, 1.54) is 22.8 Å². The SMILES string of the molecule is CCOC(=O)CCC(=O)N1CCC(n2c(=O)oc3ccc(F)cc32)CC1. The van der Waals surface area contributed by atoms with Gasteiger partial charge in [0, 0.05) is 31.6 Å². The van der Waals surface area contributed by atoms with Crippen molar-refractivity contribution in [2.24, 2.45) is 0 Å². The van der Waals surface area contributed by atoms with E-state index in [-0.39, 0.29) is 30.8 Å². The standard InChI is InChI=1S/C18H21FN2O5/c1-2-25-17(23)6-5-16(22)20-9-7-13(8-10-20)21-14-11-12(19)3-4-15(14)26-18(21)24/h3-4,11,13H,2,5-10H2,1H3. The molecule has 0 atom stereocenters. The number of likely N-dealkylation sites (tertiary alicyclic amines) is 1. The van der Waals surface area contributed by atoms with Crippen molar-refractivity contribution in [3.05, 3.63) is 34.6 Å². The largest absolute Gasteiger partial charge is 0.466 e. The number of oxazole rings is 1. The van der Waals surface area contributed by atoms with E-state index in [2.05, 4.69) is 0 Å². The highest BCUT2D eigenvalue weighted by Gasteiger charge is 2.27. The summed E-state index contributed by atoms with van der Waals surface area (Å²) in [4.78, 5) is 37.4. The molecule has 0 bridgehead atoms. The summed E-state index contributed by atoms with van der Waals surface area (Å²) in [6.07, 6.45) is 1.31. The Labute approximate surface area is 149 Å². The van der Waals surface area contributed by atoms with Crippen LogP contribution < -0.4 is 5.76 Å². The van der Waals surface area contributed by atoms with Gasteiger partial charge in [-0.15, -0.1) is 0 Å². The van der Waals surface area contributed by atoms with Crippen molar-refractivity contribution in [3.8, 4) is 0 Å². The minimum absolute atomic E-state index is 0.0672. The molecule has 3 rings (SSSR count). The number of esters is 1. The highest BCUT2D eigenvalue weighted by Crippen LogP contribution is 2.26. The molecule has 2 aromatic rings. The van der Waals surface area contributed by atoms with Gasteiger partial charge in [0.25, 0.3) is 0 Å². The molecular formula is C18H21FN2O5. The zero-order valence-corrected chi connectivity index (χ0v) is 14.6. The van der Waals surface area contributed by atoms with Crippen LogP contribution in [0.4, 0.5) is 4.39 Å². The van der Waals surface area contributed by atoms with E-state index in [9.17, 15) is 18.8 Å². The number of halogens is 1. The van der Waals surface area contributed by atoms with Crippen LogP contribution in [0, 0.1) is 5.82 Å². The first-order valence-corrected chi connectivity index (χ1v) is 8.73. The number of amides is 1. The van der Waals surface area contributed by atoms with Crippen molar-refractivity contribution < 1.29 is 23.1 Å². The average molecular weight is 364 g/mol. The van der Waals surface area contributed by atoms with Crippen LogP contribution in [0.25, 0.3) is 11.1 Å². The Morgan fingerprint density at radius 2 is 2.00 bits per heavy atom. The van der Waals surface area contributed by atoms with Gasteiger partial charge < -0.3 is 14.1 Å². The van der Waals surface area contributed by atoms with Gasteiger partial charge >= 0.3 is 11.7 Å². The molecule has 1 aliphatic rings. The zero-order valence-electron chi connectivity index (χ0n) is 14.6. The lowest BCUT2D eigenvalue weighted by atomic mass is 10.0. The van der Waals surface area contributed by atoms with Crippen molar-refractivity contribution in [1.82, 2.24) is 9.47 Å². The van der Waals surface area contributed by atoms with Gasteiger partial charge in [0.2, 0.25) is 5.91 Å². The highest BCUT2D eigenvalue weighted by molar-refractivity contribution is 5.81. The Morgan fingerprint density at radius 1 is 1.27 bits per heavy atom. The number of hydrogen-bond donors (Lipinski definition) is 0. The number of benzene rings is 1. The average Bonchev–Trinajstić information content (AvgIpc) is 2.95. The molecule has 7 nitrogen and oxygen atoms in total. The molecule has 0 radical (unpaired) electrons. The molecule has 26 heavy (non-hydrogen) atoms. The second-order valence-corrected chi connectivity index (χ2v) is 6.27. The second-order valence-electron chi connectivity index (χ2n) is 6.27. The number of ether oxygens (including phenoxy) is 1. The van der Waals surface area contributed by atoms with Crippen LogP contribution in [-0.2, 0) is 14.3 Å². The smallest absolute Gasteiger partial charge is 0.420 e. The van der Waals surface area contributed by atoms with Crippen LogP contribution in [0.15, 0.2) is 27.4 Å². The number of rotatable bonds is 5. The second kappa shape index (κ2) is 7.72. The summed E-state index contributed by atoms with van der Waals surface area (Å²) < 4.78 is 25.0. The zero-order chi connectivity index (χ0) is 18.7. The van der Waals surface area contributed by atoms with Crippen molar-refractivity contribution in [2.45, 2.75) is 38.6 Å². The van der Waals surface area contributed by atoms with E-state index in [0.29, 0.717) is 43.6 Å². The van der Waals surface area contributed by atoms with Crippen LogP contribution >= 0.6 is 0 Å². The Balaban J connectivity index is 1.63. The monoisotopic (exact) mass is 364 g/mol. The number of carbonyl (C=O) groups excluding carboxylic acids is 2. The number of carbonyl (C=O) groups is 2. The molecule has 1 aromatic carbocycles. The molecule has 140 valence electrons. The summed E-state index contributed by atoms with van der Waals surface area (Å²) in [5.41, 5.74) is 0.784. The van der Waals surface area contributed by atoms with Crippen LogP contribution in [-0.4, -0.2) is 41.0 Å². The maximum absolute atomic E-state index is 13.5. The van der Waals surface area contributed by atoms with Crippen LogP contribution in [0.5, 0.6) is 0 Å². The van der Waals surface area contributed by atoms with Crippen molar-refractivity contribution in [3.63, 3.8) is 0 Å². The minimum Gasteiger partial charge on any atom is -0.466 e. The quantitative estimate of drug-likeness (QED) is 0.760. The number of piperidine rings is 1. The van der Waals surface area contributed by atoms with Crippen molar-refractivity contribution in [1.29, 1.82) is 0 Å². The highest BCUT2D eigenvalue weighted by atomic mass is 19.1. The molecule has 1 amide bonds.